The standard InChI is InChI=1S/C11H16N2O/c1-2-5-11(14)13-8-9-6-3-4-7-10(9)12/h3-4,6-7H,2,5,8,12H2,1H3,(H,13,14). The number of hydrogen-bond donors (Lipinski definition) is 2. The Bertz CT molecular complexity index is 310. The zero-order valence-electron chi connectivity index (χ0n) is 8.42. The van der Waals surface area contributed by atoms with E-state index in [4.69, 9.17) is 5.73 Å². The first-order valence-electron chi connectivity index (χ1n) is 4.84. The summed E-state index contributed by atoms with van der Waals surface area (Å²) in [5, 5.41) is 2.82. The molecule has 1 aromatic carbocycles. The molecule has 0 saturated heterocycles. The molecule has 0 spiro atoms. The summed E-state index contributed by atoms with van der Waals surface area (Å²) >= 11 is 0. The van der Waals surface area contributed by atoms with E-state index >= 15 is 0 Å². The third kappa shape index (κ3) is 3.09. The van der Waals surface area contributed by atoms with Gasteiger partial charge in [0.1, 0.15) is 0 Å². The van der Waals surface area contributed by atoms with Gasteiger partial charge in [0.15, 0.2) is 0 Å². The molecule has 1 aromatic rings. The van der Waals surface area contributed by atoms with Crippen LogP contribution in [-0.2, 0) is 11.3 Å². The average molecular weight is 192 g/mol. The minimum atomic E-state index is 0.0794. The van der Waals surface area contributed by atoms with E-state index in [9.17, 15) is 4.79 Å². The maximum atomic E-state index is 11.2. The lowest BCUT2D eigenvalue weighted by Crippen LogP contribution is -2.22. The van der Waals surface area contributed by atoms with Crippen LogP contribution in [0.1, 0.15) is 25.3 Å². The van der Waals surface area contributed by atoms with Crippen molar-refractivity contribution >= 4 is 11.6 Å². The Kier molecular flexibility index (Phi) is 3.98. The molecule has 0 aliphatic carbocycles. The highest BCUT2D eigenvalue weighted by atomic mass is 16.1. The van der Waals surface area contributed by atoms with Gasteiger partial charge in [-0.2, -0.15) is 0 Å². The number of anilines is 1. The van der Waals surface area contributed by atoms with Gasteiger partial charge in [-0.25, -0.2) is 0 Å². The number of benzene rings is 1. The molecular weight excluding hydrogens is 176 g/mol. The monoisotopic (exact) mass is 192 g/mol. The number of rotatable bonds is 4. The Morgan fingerprint density at radius 1 is 1.43 bits per heavy atom. The fraction of sp³-hybridized carbons (Fsp3) is 0.364. The van der Waals surface area contributed by atoms with Gasteiger partial charge in [0, 0.05) is 18.7 Å². The normalized spacial score (nSPS) is 9.79. The molecule has 1 amide bonds. The van der Waals surface area contributed by atoms with E-state index in [1.807, 2.05) is 31.2 Å². The highest BCUT2D eigenvalue weighted by molar-refractivity contribution is 5.75. The van der Waals surface area contributed by atoms with Crippen LogP contribution in [0, 0.1) is 0 Å². The molecular formula is C11H16N2O. The number of para-hydroxylation sites is 1. The summed E-state index contributed by atoms with van der Waals surface area (Å²) in [4.78, 5) is 11.2. The first kappa shape index (κ1) is 10.6. The Balaban J connectivity index is 2.46. The van der Waals surface area contributed by atoms with E-state index < -0.39 is 0 Å². The summed E-state index contributed by atoms with van der Waals surface area (Å²) in [5.74, 6) is 0.0794. The van der Waals surface area contributed by atoms with Crippen LogP contribution in [0.5, 0.6) is 0 Å². The molecule has 0 fully saturated rings. The first-order chi connectivity index (χ1) is 6.74. The maximum absolute atomic E-state index is 11.2. The third-order valence-electron chi connectivity index (χ3n) is 2.01. The number of nitrogens with two attached hydrogens (primary N) is 1. The highest BCUT2D eigenvalue weighted by Crippen LogP contribution is 2.09. The second-order valence-electron chi connectivity index (χ2n) is 3.23. The van der Waals surface area contributed by atoms with Crippen molar-refractivity contribution < 1.29 is 4.79 Å². The minimum absolute atomic E-state index is 0.0794. The van der Waals surface area contributed by atoms with Crippen molar-refractivity contribution in [1.29, 1.82) is 0 Å². The van der Waals surface area contributed by atoms with Crippen LogP contribution in [0.3, 0.4) is 0 Å². The van der Waals surface area contributed by atoms with Crippen molar-refractivity contribution in [1.82, 2.24) is 5.32 Å². The summed E-state index contributed by atoms with van der Waals surface area (Å²) < 4.78 is 0. The number of nitrogens with one attached hydrogen (secondary N) is 1. The molecule has 3 N–H and O–H groups in total. The lowest BCUT2D eigenvalue weighted by atomic mass is 10.2. The molecule has 0 unspecified atom stereocenters. The summed E-state index contributed by atoms with van der Waals surface area (Å²) in [6.07, 6.45) is 1.45. The molecule has 1 rings (SSSR count). The van der Waals surface area contributed by atoms with Crippen LogP contribution in [0.15, 0.2) is 24.3 Å². The van der Waals surface area contributed by atoms with Crippen molar-refractivity contribution in [3.8, 4) is 0 Å². The molecule has 0 radical (unpaired) electrons. The lowest BCUT2D eigenvalue weighted by Gasteiger charge is -2.06. The van der Waals surface area contributed by atoms with Crippen LogP contribution < -0.4 is 11.1 Å². The summed E-state index contributed by atoms with van der Waals surface area (Å²) in [6, 6.07) is 7.55. The van der Waals surface area contributed by atoms with E-state index in [2.05, 4.69) is 5.32 Å². The van der Waals surface area contributed by atoms with Gasteiger partial charge in [0.25, 0.3) is 0 Å². The second kappa shape index (κ2) is 5.27. The van der Waals surface area contributed by atoms with Gasteiger partial charge in [-0.15, -0.1) is 0 Å². The van der Waals surface area contributed by atoms with E-state index in [1.54, 1.807) is 0 Å². The summed E-state index contributed by atoms with van der Waals surface area (Å²) in [5.41, 5.74) is 7.43. The Labute approximate surface area is 84.3 Å². The topological polar surface area (TPSA) is 55.1 Å². The molecule has 14 heavy (non-hydrogen) atoms. The van der Waals surface area contributed by atoms with Gasteiger partial charge < -0.3 is 11.1 Å². The molecule has 0 aliphatic rings. The molecule has 0 saturated carbocycles. The van der Waals surface area contributed by atoms with Crippen molar-refractivity contribution in [3.63, 3.8) is 0 Å². The van der Waals surface area contributed by atoms with E-state index in [1.165, 1.54) is 0 Å². The number of carbonyl (C=O) groups is 1. The molecule has 0 atom stereocenters. The summed E-state index contributed by atoms with van der Waals surface area (Å²) in [6.45, 7) is 2.50. The van der Waals surface area contributed by atoms with E-state index in [0.29, 0.717) is 13.0 Å². The van der Waals surface area contributed by atoms with Crippen molar-refractivity contribution in [2.45, 2.75) is 26.3 Å². The minimum Gasteiger partial charge on any atom is -0.398 e. The van der Waals surface area contributed by atoms with Crippen molar-refractivity contribution in [2.24, 2.45) is 0 Å². The van der Waals surface area contributed by atoms with Gasteiger partial charge in [0.2, 0.25) is 5.91 Å². The molecule has 0 aromatic heterocycles. The Morgan fingerprint density at radius 3 is 2.79 bits per heavy atom. The van der Waals surface area contributed by atoms with Crippen molar-refractivity contribution in [2.75, 3.05) is 5.73 Å². The Morgan fingerprint density at radius 2 is 2.14 bits per heavy atom. The summed E-state index contributed by atoms with van der Waals surface area (Å²) in [7, 11) is 0. The molecule has 3 heteroatoms. The second-order valence-corrected chi connectivity index (χ2v) is 3.23. The fourth-order valence-corrected chi connectivity index (χ4v) is 1.20. The quantitative estimate of drug-likeness (QED) is 0.713. The van der Waals surface area contributed by atoms with Crippen molar-refractivity contribution in [3.05, 3.63) is 29.8 Å². The van der Waals surface area contributed by atoms with Crippen LogP contribution >= 0.6 is 0 Å². The lowest BCUT2D eigenvalue weighted by molar-refractivity contribution is -0.121. The largest absolute Gasteiger partial charge is 0.398 e. The van der Waals surface area contributed by atoms with E-state index in [0.717, 1.165) is 17.7 Å². The number of carbonyl (C=O) groups excluding carboxylic acids is 1. The highest BCUT2D eigenvalue weighted by Gasteiger charge is 2.00. The van der Waals surface area contributed by atoms with Gasteiger partial charge >= 0.3 is 0 Å². The zero-order valence-corrected chi connectivity index (χ0v) is 8.42. The number of nitrogen functional groups attached to an aromatic ring is 1. The predicted octanol–water partition coefficient (Wildman–Crippen LogP) is 1.69. The fourth-order valence-electron chi connectivity index (χ4n) is 1.20. The molecule has 0 bridgehead atoms. The van der Waals surface area contributed by atoms with Gasteiger partial charge in [-0.1, -0.05) is 25.1 Å². The smallest absolute Gasteiger partial charge is 0.220 e. The molecule has 0 aliphatic heterocycles. The average Bonchev–Trinajstić information content (AvgIpc) is 2.17. The van der Waals surface area contributed by atoms with Crippen LogP contribution in [0.2, 0.25) is 0 Å². The molecule has 3 nitrogen and oxygen atoms in total. The Hall–Kier alpha value is -1.51. The molecule has 76 valence electrons. The maximum Gasteiger partial charge on any atom is 0.220 e. The van der Waals surface area contributed by atoms with Crippen LogP contribution in [-0.4, -0.2) is 5.91 Å². The van der Waals surface area contributed by atoms with Gasteiger partial charge in [-0.3, -0.25) is 4.79 Å². The zero-order chi connectivity index (χ0) is 10.4. The van der Waals surface area contributed by atoms with Gasteiger partial charge in [-0.05, 0) is 18.1 Å². The van der Waals surface area contributed by atoms with Crippen LogP contribution in [0.4, 0.5) is 5.69 Å². The molecule has 0 heterocycles. The van der Waals surface area contributed by atoms with Crippen LogP contribution in [0.25, 0.3) is 0 Å². The van der Waals surface area contributed by atoms with Gasteiger partial charge in [0.05, 0.1) is 0 Å². The third-order valence-corrected chi connectivity index (χ3v) is 2.01. The first-order valence-corrected chi connectivity index (χ1v) is 4.84. The van der Waals surface area contributed by atoms with E-state index in [-0.39, 0.29) is 5.91 Å². The SMILES string of the molecule is CCCC(=O)NCc1ccccc1N. The number of amides is 1. The number of hydrogen-bond acceptors (Lipinski definition) is 2. The predicted molar refractivity (Wildman–Crippen MR) is 57.6 cm³/mol.